The largest absolute Gasteiger partial charge is 0.324 e. The van der Waals surface area contributed by atoms with Crippen molar-refractivity contribution >= 4 is 11.6 Å². The van der Waals surface area contributed by atoms with Crippen LogP contribution in [-0.4, -0.2) is 20.7 Å². The summed E-state index contributed by atoms with van der Waals surface area (Å²) in [5.74, 6) is -0.294. The molecule has 6 nitrogen and oxygen atoms in total. The maximum Gasteiger partial charge on any atom is 0.267 e. The quantitative estimate of drug-likeness (QED) is 0.700. The molecule has 3 rings (SSSR count). The van der Waals surface area contributed by atoms with E-state index in [1.807, 2.05) is 24.3 Å². The first-order valence-electron chi connectivity index (χ1n) is 9.03. The number of aromatic nitrogens is 3. The van der Waals surface area contributed by atoms with Gasteiger partial charge < -0.3 is 5.32 Å². The lowest BCUT2D eigenvalue weighted by Gasteiger charge is -2.09. The summed E-state index contributed by atoms with van der Waals surface area (Å²) in [7, 11) is 0. The van der Waals surface area contributed by atoms with Gasteiger partial charge in [-0.15, -0.1) is 0 Å². The molecule has 0 radical (unpaired) electrons. The van der Waals surface area contributed by atoms with E-state index in [1.54, 1.807) is 30.6 Å². The molecule has 1 N–H and O–H groups in total. The van der Waals surface area contributed by atoms with Crippen molar-refractivity contribution in [3.8, 4) is 11.3 Å². The zero-order valence-corrected chi connectivity index (χ0v) is 15.3. The third-order valence-corrected chi connectivity index (χ3v) is 4.19. The van der Waals surface area contributed by atoms with Gasteiger partial charge in [0.25, 0.3) is 5.56 Å². The Morgan fingerprint density at radius 3 is 2.48 bits per heavy atom. The summed E-state index contributed by atoms with van der Waals surface area (Å²) in [5.41, 5.74) is 3.08. The van der Waals surface area contributed by atoms with Crippen molar-refractivity contribution in [1.29, 1.82) is 0 Å². The van der Waals surface area contributed by atoms with Gasteiger partial charge in [0.1, 0.15) is 6.54 Å². The first kappa shape index (κ1) is 18.5. The number of hydrogen-bond donors (Lipinski definition) is 1. The molecule has 0 aliphatic heterocycles. The smallest absolute Gasteiger partial charge is 0.267 e. The summed E-state index contributed by atoms with van der Waals surface area (Å²) < 4.78 is 1.17. The molecule has 0 fully saturated rings. The van der Waals surface area contributed by atoms with Crippen LogP contribution in [-0.2, 0) is 17.8 Å². The van der Waals surface area contributed by atoms with Gasteiger partial charge in [0, 0.05) is 29.7 Å². The van der Waals surface area contributed by atoms with Gasteiger partial charge in [-0.2, -0.15) is 5.10 Å². The van der Waals surface area contributed by atoms with Gasteiger partial charge in [0.05, 0.1) is 5.69 Å². The number of carbonyl (C=O) groups is 1. The van der Waals surface area contributed by atoms with Crippen LogP contribution >= 0.6 is 0 Å². The normalized spacial score (nSPS) is 10.6. The Balaban J connectivity index is 1.68. The third kappa shape index (κ3) is 5.10. The van der Waals surface area contributed by atoms with Crippen LogP contribution in [0.5, 0.6) is 0 Å². The molecule has 2 aromatic heterocycles. The zero-order chi connectivity index (χ0) is 19.1. The first-order chi connectivity index (χ1) is 13.2. The van der Waals surface area contributed by atoms with Gasteiger partial charge in [-0.1, -0.05) is 25.5 Å². The number of aryl methyl sites for hydroxylation is 1. The predicted octanol–water partition coefficient (Wildman–Crippen LogP) is 3.29. The molecule has 0 bridgehead atoms. The average molecular weight is 362 g/mol. The monoisotopic (exact) mass is 362 g/mol. The molecule has 0 aliphatic carbocycles. The van der Waals surface area contributed by atoms with Crippen LogP contribution < -0.4 is 10.9 Å². The SMILES string of the molecule is CCCCc1ccc(NC(=O)Cn2nc(-c3ccncc3)ccc2=O)cc1. The lowest BCUT2D eigenvalue weighted by Crippen LogP contribution is -2.29. The number of rotatable bonds is 7. The Bertz CT molecular complexity index is 950. The summed E-state index contributed by atoms with van der Waals surface area (Å²) in [5, 5.41) is 7.10. The number of benzene rings is 1. The van der Waals surface area contributed by atoms with Crippen molar-refractivity contribution in [3.05, 3.63) is 76.8 Å². The van der Waals surface area contributed by atoms with Crippen molar-refractivity contribution in [2.24, 2.45) is 0 Å². The fourth-order valence-corrected chi connectivity index (χ4v) is 2.71. The number of anilines is 1. The predicted molar refractivity (Wildman–Crippen MR) is 105 cm³/mol. The van der Waals surface area contributed by atoms with Crippen molar-refractivity contribution in [2.75, 3.05) is 5.32 Å². The van der Waals surface area contributed by atoms with Gasteiger partial charge in [-0.3, -0.25) is 14.6 Å². The molecule has 3 aromatic rings. The fraction of sp³-hybridized carbons (Fsp3) is 0.238. The maximum atomic E-state index is 12.3. The Hall–Kier alpha value is -3.28. The molecule has 1 aromatic carbocycles. The van der Waals surface area contributed by atoms with E-state index in [0.29, 0.717) is 11.4 Å². The molecular formula is C21H22N4O2. The highest BCUT2D eigenvalue weighted by Gasteiger charge is 2.08. The topological polar surface area (TPSA) is 76.9 Å². The van der Waals surface area contributed by atoms with E-state index < -0.39 is 0 Å². The van der Waals surface area contributed by atoms with Crippen molar-refractivity contribution < 1.29 is 4.79 Å². The molecule has 27 heavy (non-hydrogen) atoms. The van der Waals surface area contributed by atoms with E-state index in [9.17, 15) is 9.59 Å². The summed E-state index contributed by atoms with van der Waals surface area (Å²) in [6, 6.07) is 14.5. The van der Waals surface area contributed by atoms with Crippen LogP contribution in [0.25, 0.3) is 11.3 Å². The van der Waals surface area contributed by atoms with Crippen LogP contribution in [0.1, 0.15) is 25.3 Å². The van der Waals surface area contributed by atoms with E-state index in [4.69, 9.17) is 0 Å². The van der Waals surface area contributed by atoms with Gasteiger partial charge in [-0.05, 0) is 48.7 Å². The van der Waals surface area contributed by atoms with Crippen molar-refractivity contribution in [3.63, 3.8) is 0 Å². The second-order valence-corrected chi connectivity index (χ2v) is 6.30. The molecule has 0 aliphatic rings. The molecule has 0 spiro atoms. The third-order valence-electron chi connectivity index (χ3n) is 4.19. The number of hydrogen-bond acceptors (Lipinski definition) is 4. The van der Waals surface area contributed by atoms with Crippen LogP contribution in [0, 0.1) is 0 Å². The first-order valence-corrected chi connectivity index (χ1v) is 9.03. The molecule has 138 valence electrons. The molecule has 0 saturated carbocycles. The van der Waals surface area contributed by atoms with E-state index >= 15 is 0 Å². The maximum absolute atomic E-state index is 12.3. The fourth-order valence-electron chi connectivity index (χ4n) is 2.71. The molecule has 0 atom stereocenters. The lowest BCUT2D eigenvalue weighted by molar-refractivity contribution is -0.117. The number of pyridine rings is 1. The molecule has 0 unspecified atom stereocenters. The average Bonchev–Trinajstić information content (AvgIpc) is 2.70. The number of amides is 1. The van der Waals surface area contributed by atoms with E-state index in [0.717, 1.165) is 24.8 Å². The van der Waals surface area contributed by atoms with Crippen molar-refractivity contribution in [2.45, 2.75) is 32.7 Å². The summed E-state index contributed by atoms with van der Waals surface area (Å²) in [6.45, 7) is 2.02. The minimum absolute atomic E-state index is 0.144. The zero-order valence-electron chi connectivity index (χ0n) is 15.3. The lowest BCUT2D eigenvalue weighted by atomic mass is 10.1. The Kier molecular flexibility index (Phi) is 6.10. The molecule has 2 heterocycles. The number of nitrogens with zero attached hydrogens (tertiary/aromatic N) is 3. The Labute approximate surface area is 157 Å². The number of carbonyl (C=O) groups excluding carboxylic acids is 1. The number of nitrogens with one attached hydrogen (secondary N) is 1. The Morgan fingerprint density at radius 1 is 1.04 bits per heavy atom. The van der Waals surface area contributed by atoms with Crippen molar-refractivity contribution in [1.82, 2.24) is 14.8 Å². The van der Waals surface area contributed by atoms with E-state index in [2.05, 4.69) is 22.3 Å². The van der Waals surface area contributed by atoms with Crippen LogP contribution in [0.15, 0.2) is 65.7 Å². The molecule has 6 heteroatoms. The number of unbranched alkanes of at least 4 members (excludes halogenated alkanes) is 1. The van der Waals surface area contributed by atoms with Crippen LogP contribution in [0.3, 0.4) is 0 Å². The van der Waals surface area contributed by atoms with Gasteiger partial charge in [0.15, 0.2) is 0 Å². The van der Waals surface area contributed by atoms with Gasteiger partial charge in [-0.25, -0.2) is 4.68 Å². The second kappa shape index (κ2) is 8.89. The molecule has 1 amide bonds. The van der Waals surface area contributed by atoms with Crippen LogP contribution in [0.4, 0.5) is 5.69 Å². The minimum Gasteiger partial charge on any atom is -0.324 e. The highest BCUT2D eigenvalue weighted by molar-refractivity contribution is 5.90. The second-order valence-electron chi connectivity index (χ2n) is 6.30. The summed E-state index contributed by atoms with van der Waals surface area (Å²) in [4.78, 5) is 28.3. The molecular weight excluding hydrogens is 340 g/mol. The molecule has 0 saturated heterocycles. The standard InChI is InChI=1S/C21H22N4O2/c1-2-3-4-16-5-7-18(8-6-16)23-20(26)15-25-21(27)10-9-19(24-25)17-11-13-22-14-12-17/h5-14H,2-4,15H2,1H3,(H,23,26). The van der Waals surface area contributed by atoms with Gasteiger partial charge in [0.2, 0.25) is 5.91 Å². The van der Waals surface area contributed by atoms with Gasteiger partial charge >= 0.3 is 0 Å². The van der Waals surface area contributed by atoms with Crippen LogP contribution in [0.2, 0.25) is 0 Å². The highest BCUT2D eigenvalue weighted by Crippen LogP contribution is 2.14. The Morgan fingerprint density at radius 2 is 1.78 bits per heavy atom. The minimum atomic E-state index is -0.321. The van der Waals surface area contributed by atoms with E-state index in [1.165, 1.54) is 16.3 Å². The summed E-state index contributed by atoms with van der Waals surface area (Å²) >= 11 is 0. The highest BCUT2D eigenvalue weighted by atomic mass is 16.2. The van der Waals surface area contributed by atoms with E-state index in [-0.39, 0.29) is 18.0 Å². The summed E-state index contributed by atoms with van der Waals surface area (Å²) in [6.07, 6.45) is 6.64.